The summed E-state index contributed by atoms with van der Waals surface area (Å²) in [6, 6.07) is 0.320. The predicted octanol–water partition coefficient (Wildman–Crippen LogP) is -0.271. The van der Waals surface area contributed by atoms with E-state index in [4.69, 9.17) is 5.11 Å². The molecule has 0 aliphatic rings. The fourth-order valence-electron chi connectivity index (χ4n) is 0.712. The van der Waals surface area contributed by atoms with Gasteiger partial charge in [-0.3, -0.25) is 4.79 Å². The Balaban J connectivity index is 3.40. The summed E-state index contributed by atoms with van der Waals surface area (Å²) in [4.78, 5) is 11.1. The summed E-state index contributed by atoms with van der Waals surface area (Å²) in [7, 11) is 0. The van der Waals surface area contributed by atoms with Crippen LogP contribution in [0.5, 0.6) is 0 Å². The maximum absolute atomic E-state index is 11.1. The number of amides is 1. The summed E-state index contributed by atoms with van der Waals surface area (Å²) in [5.74, 6) is 0.108. The Morgan fingerprint density at radius 1 is 1.38 bits per heavy atom. The molecule has 1 atom stereocenters. The van der Waals surface area contributed by atoms with E-state index in [9.17, 15) is 4.79 Å². The van der Waals surface area contributed by atoms with E-state index in [1.54, 1.807) is 0 Å². The number of carbonyl (C=O) groups is 1. The molecule has 1 amide bonds. The van der Waals surface area contributed by atoms with Gasteiger partial charge in [0.25, 0.3) is 0 Å². The van der Waals surface area contributed by atoms with E-state index < -0.39 is 0 Å². The molecular weight excluding hydrogens is 168 g/mol. The van der Waals surface area contributed by atoms with Crippen molar-refractivity contribution in [3.05, 3.63) is 0 Å². The topological polar surface area (TPSA) is 61.4 Å². The van der Waals surface area contributed by atoms with Gasteiger partial charge < -0.3 is 15.7 Å². The van der Waals surface area contributed by atoms with Gasteiger partial charge in [0.2, 0.25) is 5.91 Å². The molecule has 0 spiro atoms. The number of nitrogens with one attached hydrogen (secondary N) is 2. The van der Waals surface area contributed by atoms with E-state index in [2.05, 4.69) is 10.6 Å². The van der Waals surface area contributed by atoms with Gasteiger partial charge in [-0.15, -0.1) is 0 Å². The van der Waals surface area contributed by atoms with E-state index in [-0.39, 0.29) is 18.4 Å². The fourth-order valence-corrected chi connectivity index (χ4v) is 0.712. The predicted molar refractivity (Wildman–Crippen MR) is 52.4 cm³/mol. The Morgan fingerprint density at radius 3 is 2.46 bits per heavy atom. The molecule has 0 saturated carbocycles. The van der Waals surface area contributed by atoms with Crippen LogP contribution in [0.3, 0.4) is 0 Å². The molecule has 0 aromatic heterocycles. The van der Waals surface area contributed by atoms with E-state index in [0.717, 1.165) is 0 Å². The number of rotatable bonds is 6. The minimum Gasteiger partial charge on any atom is -0.396 e. The van der Waals surface area contributed by atoms with Crippen molar-refractivity contribution in [2.24, 2.45) is 5.92 Å². The van der Waals surface area contributed by atoms with Gasteiger partial charge in [-0.1, -0.05) is 20.8 Å². The third-order valence-electron chi connectivity index (χ3n) is 1.63. The Morgan fingerprint density at radius 2 is 2.00 bits per heavy atom. The molecule has 0 radical (unpaired) electrons. The van der Waals surface area contributed by atoms with E-state index >= 15 is 0 Å². The highest BCUT2D eigenvalue weighted by Gasteiger charge is 2.04. The zero-order valence-corrected chi connectivity index (χ0v) is 8.63. The van der Waals surface area contributed by atoms with Crippen LogP contribution in [0.1, 0.15) is 20.8 Å². The van der Waals surface area contributed by atoms with Crippen LogP contribution < -0.4 is 10.6 Å². The first kappa shape index (κ1) is 12.4. The first-order valence-electron chi connectivity index (χ1n) is 4.67. The summed E-state index contributed by atoms with van der Waals surface area (Å²) in [6.07, 6.45) is 0. The lowest BCUT2D eigenvalue weighted by atomic mass is 10.2. The van der Waals surface area contributed by atoms with Crippen molar-refractivity contribution >= 4 is 5.91 Å². The first-order valence-corrected chi connectivity index (χ1v) is 4.67. The summed E-state index contributed by atoms with van der Waals surface area (Å²) in [5, 5.41) is 14.4. The molecule has 0 rings (SSSR count). The van der Waals surface area contributed by atoms with Crippen molar-refractivity contribution in [3.63, 3.8) is 0 Å². The minimum atomic E-state index is -0.0194. The SMILES string of the molecule is CC(CO)CNC(=O)CNC(C)C. The highest BCUT2D eigenvalue weighted by atomic mass is 16.3. The van der Waals surface area contributed by atoms with E-state index in [1.165, 1.54) is 0 Å². The summed E-state index contributed by atoms with van der Waals surface area (Å²) in [6.45, 7) is 6.85. The molecule has 1 unspecified atom stereocenters. The number of aliphatic hydroxyl groups is 1. The summed E-state index contributed by atoms with van der Waals surface area (Å²) in [5.41, 5.74) is 0. The van der Waals surface area contributed by atoms with Gasteiger partial charge in [-0.05, 0) is 5.92 Å². The summed E-state index contributed by atoms with van der Waals surface area (Å²) >= 11 is 0. The lowest BCUT2D eigenvalue weighted by molar-refractivity contribution is -0.120. The van der Waals surface area contributed by atoms with Gasteiger partial charge in [-0.25, -0.2) is 0 Å². The van der Waals surface area contributed by atoms with Gasteiger partial charge >= 0.3 is 0 Å². The lowest BCUT2D eigenvalue weighted by Gasteiger charge is -2.11. The van der Waals surface area contributed by atoms with Gasteiger partial charge in [-0.2, -0.15) is 0 Å². The molecular formula is C9H20N2O2. The number of carbonyl (C=O) groups excluding carboxylic acids is 1. The number of aliphatic hydroxyl groups excluding tert-OH is 1. The minimum absolute atomic E-state index is 0.0194. The third kappa shape index (κ3) is 7.74. The van der Waals surface area contributed by atoms with Crippen molar-refractivity contribution in [3.8, 4) is 0 Å². The van der Waals surface area contributed by atoms with Crippen LogP contribution >= 0.6 is 0 Å². The molecule has 4 nitrogen and oxygen atoms in total. The molecule has 3 N–H and O–H groups in total. The normalized spacial score (nSPS) is 13.0. The van der Waals surface area contributed by atoms with Crippen LogP contribution in [-0.4, -0.2) is 36.8 Å². The van der Waals surface area contributed by atoms with Crippen molar-refractivity contribution in [2.45, 2.75) is 26.8 Å². The zero-order valence-electron chi connectivity index (χ0n) is 8.63. The Kier molecular flexibility index (Phi) is 6.54. The molecule has 0 saturated heterocycles. The monoisotopic (exact) mass is 188 g/mol. The average molecular weight is 188 g/mol. The molecule has 0 aromatic rings. The van der Waals surface area contributed by atoms with Crippen molar-refractivity contribution < 1.29 is 9.90 Å². The fraction of sp³-hybridized carbons (Fsp3) is 0.889. The second-order valence-electron chi connectivity index (χ2n) is 3.63. The second kappa shape index (κ2) is 6.86. The Labute approximate surface area is 79.7 Å². The summed E-state index contributed by atoms with van der Waals surface area (Å²) < 4.78 is 0. The van der Waals surface area contributed by atoms with E-state index in [0.29, 0.717) is 19.1 Å². The van der Waals surface area contributed by atoms with E-state index in [1.807, 2.05) is 20.8 Å². The first-order chi connectivity index (χ1) is 6.06. The molecule has 0 aliphatic heterocycles. The lowest BCUT2D eigenvalue weighted by Crippen LogP contribution is -2.38. The van der Waals surface area contributed by atoms with Gasteiger partial charge in [0.1, 0.15) is 0 Å². The van der Waals surface area contributed by atoms with Crippen molar-refractivity contribution in [1.82, 2.24) is 10.6 Å². The Hall–Kier alpha value is -0.610. The molecule has 0 aromatic carbocycles. The van der Waals surface area contributed by atoms with Gasteiger partial charge in [0.05, 0.1) is 6.54 Å². The standard InChI is InChI=1S/C9H20N2O2/c1-7(2)10-5-9(13)11-4-8(3)6-12/h7-8,10,12H,4-6H2,1-3H3,(H,11,13). The molecule has 0 fully saturated rings. The van der Waals surface area contributed by atoms with Crippen molar-refractivity contribution in [2.75, 3.05) is 19.7 Å². The van der Waals surface area contributed by atoms with Crippen LogP contribution in [0.4, 0.5) is 0 Å². The number of hydrogen-bond acceptors (Lipinski definition) is 3. The molecule has 78 valence electrons. The highest BCUT2D eigenvalue weighted by molar-refractivity contribution is 5.77. The maximum Gasteiger partial charge on any atom is 0.233 e. The largest absolute Gasteiger partial charge is 0.396 e. The smallest absolute Gasteiger partial charge is 0.233 e. The van der Waals surface area contributed by atoms with Crippen LogP contribution in [0.2, 0.25) is 0 Å². The van der Waals surface area contributed by atoms with Crippen LogP contribution in [-0.2, 0) is 4.79 Å². The quantitative estimate of drug-likeness (QED) is 0.537. The maximum atomic E-state index is 11.1. The molecule has 4 heteroatoms. The zero-order chi connectivity index (χ0) is 10.3. The van der Waals surface area contributed by atoms with Crippen LogP contribution in [0, 0.1) is 5.92 Å². The third-order valence-corrected chi connectivity index (χ3v) is 1.63. The number of hydrogen-bond donors (Lipinski definition) is 3. The van der Waals surface area contributed by atoms with Crippen LogP contribution in [0.25, 0.3) is 0 Å². The second-order valence-corrected chi connectivity index (χ2v) is 3.63. The molecule has 0 bridgehead atoms. The van der Waals surface area contributed by atoms with Crippen LogP contribution in [0.15, 0.2) is 0 Å². The molecule has 13 heavy (non-hydrogen) atoms. The van der Waals surface area contributed by atoms with Gasteiger partial charge in [0, 0.05) is 19.2 Å². The highest BCUT2D eigenvalue weighted by Crippen LogP contribution is 1.87. The average Bonchev–Trinajstić information content (AvgIpc) is 2.10. The van der Waals surface area contributed by atoms with Gasteiger partial charge in [0.15, 0.2) is 0 Å². The van der Waals surface area contributed by atoms with Crippen molar-refractivity contribution in [1.29, 1.82) is 0 Å². The Bertz CT molecular complexity index is 149. The molecule has 0 aliphatic carbocycles. The molecule has 0 heterocycles.